The fourth-order valence-electron chi connectivity index (χ4n) is 8.50. The Kier molecular flexibility index (Phi) is 7.86. The molecule has 43 heavy (non-hydrogen) atoms. The van der Waals surface area contributed by atoms with Crippen LogP contribution in [-0.2, 0) is 19.1 Å². The summed E-state index contributed by atoms with van der Waals surface area (Å²) in [5, 5.41) is 10.9. The summed E-state index contributed by atoms with van der Waals surface area (Å²) in [6.45, 7) is 6.28. The fraction of sp³-hybridized carbons (Fsp3) is 0.562. The molecule has 0 amide bonds. The molecule has 1 aromatic rings. The van der Waals surface area contributed by atoms with Crippen LogP contribution in [0.25, 0.3) is 0 Å². The number of hydrogen-bond acceptors (Lipinski definition) is 7. The maximum absolute atomic E-state index is 17.5. The van der Waals surface area contributed by atoms with Gasteiger partial charge in [-0.05, 0) is 62.0 Å². The van der Waals surface area contributed by atoms with E-state index in [1.165, 1.54) is 32.1 Å². The van der Waals surface area contributed by atoms with E-state index in [2.05, 4.69) is 0 Å². The lowest BCUT2D eigenvalue weighted by Crippen LogP contribution is -2.70. The van der Waals surface area contributed by atoms with Crippen molar-refractivity contribution in [2.75, 3.05) is 5.75 Å². The summed E-state index contributed by atoms with van der Waals surface area (Å²) in [6, 6.07) is 3.12. The minimum absolute atomic E-state index is 0.0363. The van der Waals surface area contributed by atoms with Crippen LogP contribution in [0, 0.1) is 40.2 Å². The van der Waals surface area contributed by atoms with E-state index < -0.39 is 97.7 Å². The number of thioether (sulfide) groups is 1. The molecule has 6 nitrogen and oxygen atoms in total. The molecule has 1 aromatic carbocycles. The third-order valence-corrected chi connectivity index (χ3v) is 11.6. The molecule has 3 saturated carbocycles. The van der Waals surface area contributed by atoms with Crippen LogP contribution in [0.3, 0.4) is 0 Å². The molecule has 0 saturated heterocycles. The van der Waals surface area contributed by atoms with Crippen LogP contribution in [0.5, 0.6) is 0 Å². The number of alkyl halides is 2. The van der Waals surface area contributed by atoms with Crippen LogP contribution in [-0.4, -0.2) is 57.1 Å². The molecule has 0 aliphatic heterocycles. The lowest BCUT2D eigenvalue weighted by Gasteiger charge is -2.63. The van der Waals surface area contributed by atoms with Gasteiger partial charge < -0.3 is 9.84 Å². The first kappa shape index (κ1) is 31.6. The van der Waals surface area contributed by atoms with Crippen molar-refractivity contribution in [1.82, 2.24) is 0 Å². The first-order chi connectivity index (χ1) is 20.1. The first-order valence-electron chi connectivity index (χ1n) is 14.4. The number of carbonyl (C=O) groups is 4. The Morgan fingerprint density at radius 1 is 1.14 bits per heavy atom. The molecule has 0 aromatic heterocycles. The SMILES string of the molecule is CCC(=O)O[C@]1(C(=O)SCC(=O)c2cccc(F)c2F)[C@H](C)C[C@H]2[C@@H]3C[C@H](F)C4=CC(=O)C=C[C@]4(C)[C@@]3(F)[C@@H](O)C[C@@]21C. The summed E-state index contributed by atoms with van der Waals surface area (Å²) in [4.78, 5) is 51.9. The maximum Gasteiger partial charge on any atom is 0.306 e. The minimum atomic E-state index is -2.39. The summed E-state index contributed by atoms with van der Waals surface area (Å²) in [5.41, 5.74) is -7.90. The van der Waals surface area contributed by atoms with E-state index >= 15 is 8.78 Å². The van der Waals surface area contributed by atoms with Gasteiger partial charge in [-0.3, -0.25) is 19.2 Å². The number of Topliss-reactive ketones (excluding diaryl/α,β-unsaturated/α-hetero) is 1. The Bertz CT molecular complexity index is 1460. The van der Waals surface area contributed by atoms with Crippen molar-refractivity contribution in [2.24, 2.45) is 28.6 Å². The zero-order valence-corrected chi connectivity index (χ0v) is 25.1. The van der Waals surface area contributed by atoms with E-state index in [0.717, 1.165) is 18.2 Å². The van der Waals surface area contributed by atoms with Gasteiger partial charge in [-0.1, -0.05) is 44.7 Å². The Labute approximate surface area is 251 Å². The van der Waals surface area contributed by atoms with E-state index in [1.54, 1.807) is 13.8 Å². The van der Waals surface area contributed by atoms with Gasteiger partial charge in [0.05, 0.1) is 17.4 Å². The first-order valence-corrected chi connectivity index (χ1v) is 15.4. The van der Waals surface area contributed by atoms with Crippen LogP contribution in [0.2, 0.25) is 0 Å². The molecule has 0 heterocycles. The molecule has 4 aliphatic rings. The van der Waals surface area contributed by atoms with Crippen molar-refractivity contribution in [3.8, 4) is 0 Å². The molecule has 0 spiro atoms. The second-order valence-electron chi connectivity index (χ2n) is 12.7. The average molecular weight is 623 g/mol. The highest BCUT2D eigenvalue weighted by Gasteiger charge is 2.78. The molecular weight excluding hydrogens is 588 g/mol. The number of esters is 1. The van der Waals surface area contributed by atoms with Crippen molar-refractivity contribution >= 4 is 34.4 Å². The van der Waals surface area contributed by atoms with Gasteiger partial charge in [0, 0.05) is 29.1 Å². The number of allylic oxidation sites excluding steroid dienone is 4. The molecule has 0 unspecified atom stereocenters. The van der Waals surface area contributed by atoms with Crippen LogP contribution in [0.1, 0.15) is 63.7 Å². The molecule has 3 fully saturated rings. The number of aliphatic hydroxyl groups is 1. The van der Waals surface area contributed by atoms with Crippen LogP contribution in [0.15, 0.2) is 42.0 Å². The van der Waals surface area contributed by atoms with Gasteiger partial charge >= 0.3 is 5.97 Å². The topological polar surface area (TPSA) is 97.7 Å². The van der Waals surface area contributed by atoms with Gasteiger partial charge in [-0.2, -0.15) is 0 Å². The zero-order chi connectivity index (χ0) is 31.7. The second-order valence-corrected chi connectivity index (χ2v) is 13.6. The van der Waals surface area contributed by atoms with Gasteiger partial charge in [-0.15, -0.1) is 0 Å². The van der Waals surface area contributed by atoms with Crippen LogP contribution in [0.4, 0.5) is 17.6 Å². The number of ketones is 2. The Morgan fingerprint density at radius 2 is 1.84 bits per heavy atom. The Balaban J connectivity index is 1.54. The number of benzene rings is 1. The molecule has 5 rings (SSSR count). The minimum Gasteiger partial charge on any atom is -0.449 e. The van der Waals surface area contributed by atoms with Gasteiger partial charge in [0.15, 0.2) is 34.5 Å². The van der Waals surface area contributed by atoms with Crippen LogP contribution < -0.4 is 0 Å². The number of ether oxygens (including phenoxy) is 1. The highest BCUT2D eigenvalue weighted by Crippen LogP contribution is 2.72. The van der Waals surface area contributed by atoms with Crippen molar-refractivity contribution in [3.63, 3.8) is 0 Å². The second kappa shape index (κ2) is 10.7. The molecule has 1 N–H and O–H groups in total. The van der Waals surface area contributed by atoms with Crippen LogP contribution >= 0.6 is 11.8 Å². The molecule has 232 valence electrons. The molecule has 0 bridgehead atoms. The van der Waals surface area contributed by atoms with E-state index in [4.69, 9.17) is 4.74 Å². The highest BCUT2D eigenvalue weighted by atomic mass is 32.2. The summed E-state index contributed by atoms with van der Waals surface area (Å²) >= 11 is 0.486. The van der Waals surface area contributed by atoms with Crippen molar-refractivity contribution in [1.29, 1.82) is 0 Å². The summed E-state index contributed by atoms with van der Waals surface area (Å²) in [6.07, 6.45) is -0.465. The van der Waals surface area contributed by atoms with Crippen molar-refractivity contribution in [3.05, 3.63) is 59.2 Å². The maximum atomic E-state index is 17.5. The van der Waals surface area contributed by atoms with Gasteiger partial charge in [0.1, 0.15) is 6.17 Å². The smallest absolute Gasteiger partial charge is 0.306 e. The average Bonchev–Trinajstić information content (AvgIpc) is 3.17. The van der Waals surface area contributed by atoms with Gasteiger partial charge in [0.25, 0.3) is 0 Å². The Hall–Kier alpha value is -2.79. The van der Waals surface area contributed by atoms with E-state index in [9.17, 15) is 33.1 Å². The number of rotatable bonds is 6. The van der Waals surface area contributed by atoms with E-state index in [0.29, 0.717) is 11.8 Å². The monoisotopic (exact) mass is 622 g/mol. The quantitative estimate of drug-likeness (QED) is 0.248. The predicted molar refractivity (Wildman–Crippen MR) is 150 cm³/mol. The van der Waals surface area contributed by atoms with Crippen molar-refractivity contribution < 1.29 is 46.6 Å². The molecule has 4 aliphatic carbocycles. The molecule has 11 heteroatoms. The Morgan fingerprint density at radius 3 is 2.51 bits per heavy atom. The van der Waals surface area contributed by atoms with Crippen molar-refractivity contribution in [2.45, 2.75) is 76.9 Å². The summed E-state index contributed by atoms with van der Waals surface area (Å²) in [7, 11) is 0. The lowest BCUT2D eigenvalue weighted by atomic mass is 9.44. The standard InChI is InChI=1S/C32H34F4O6S/c1-5-26(40)42-32(28(41)43-15-24(38)18-7-6-8-22(33)27(18)35)16(2)11-19-20-13-23(34)21-12-17(37)9-10-29(21,3)31(20,36)25(39)14-30(19,32)4/h6-10,12,16,19-20,23,25,39H,5,11,13-15H2,1-4H3/t16-,19+,20+,23+,25+,29+,30+,31+,32+/m1/s1. The highest BCUT2D eigenvalue weighted by molar-refractivity contribution is 8.14. The summed E-state index contributed by atoms with van der Waals surface area (Å²) < 4.78 is 67.3. The zero-order valence-electron chi connectivity index (χ0n) is 24.3. The molecule has 9 atom stereocenters. The lowest BCUT2D eigenvalue weighted by molar-refractivity contribution is -0.228. The predicted octanol–water partition coefficient (Wildman–Crippen LogP) is 5.66. The number of aliphatic hydroxyl groups excluding tert-OH is 1. The van der Waals surface area contributed by atoms with Gasteiger partial charge in [0.2, 0.25) is 5.12 Å². The summed E-state index contributed by atoms with van der Waals surface area (Å²) in [5.74, 6) is -7.77. The van der Waals surface area contributed by atoms with E-state index in [1.807, 2.05) is 0 Å². The largest absolute Gasteiger partial charge is 0.449 e. The number of fused-ring (bicyclic) bond motifs is 5. The molecule has 0 radical (unpaired) electrons. The third kappa shape index (κ3) is 4.31. The number of hydrogen-bond donors (Lipinski definition) is 1. The third-order valence-electron chi connectivity index (χ3n) is 10.6. The van der Waals surface area contributed by atoms with Gasteiger partial charge in [-0.25, -0.2) is 17.6 Å². The number of carbonyl (C=O) groups excluding carboxylic acids is 4. The number of halogens is 4. The van der Waals surface area contributed by atoms with E-state index in [-0.39, 0.29) is 31.3 Å². The fourth-order valence-corrected chi connectivity index (χ4v) is 9.61. The normalized spacial score (nSPS) is 39.8. The molecular formula is C32H34F4O6S.